The van der Waals surface area contributed by atoms with Crippen LogP contribution in [0.25, 0.3) is 22.4 Å². The summed E-state index contributed by atoms with van der Waals surface area (Å²) in [4.78, 5) is 4.37. The third-order valence-corrected chi connectivity index (χ3v) is 3.37. The highest BCUT2D eigenvalue weighted by Gasteiger charge is 2.12. The molecule has 0 saturated carbocycles. The number of nitrogens with zero attached hydrogens (tertiary/aromatic N) is 1. The zero-order valence-electron chi connectivity index (χ0n) is 11.5. The molecule has 0 aliphatic carbocycles. The van der Waals surface area contributed by atoms with Gasteiger partial charge in [0, 0.05) is 17.3 Å². The Hall–Kier alpha value is -2.55. The summed E-state index contributed by atoms with van der Waals surface area (Å²) >= 11 is 0. The van der Waals surface area contributed by atoms with E-state index in [1.807, 2.05) is 19.1 Å². The van der Waals surface area contributed by atoms with Gasteiger partial charge in [-0.05, 0) is 48.4 Å². The lowest BCUT2D eigenvalue weighted by molar-refractivity contribution is 0.627. The molecule has 3 aromatic rings. The molecule has 0 spiro atoms. The van der Waals surface area contributed by atoms with Gasteiger partial charge in [0.05, 0.1) is 5.69 Å². The zero-order chi connectivity index (χ0) is 14.8. The van der Waals surface area contributed by atoms with Crippen LogP contribution in [0.5, 0.6) is 0 Å². The van der Waals surface area contributed by atoms with Gasteiger partial charge >= 0.3 is 0 Å². The van der Waals surface area contributed by atoms with Gasteiger partial charge in [-0.25, -0.2) is 8.78 Å². The number of hydrogen-bond acceptors (Lipinski definition) is 1. The van der Waals surface area contributed by atoms with Crippen molar-refractivity contribution in [1.82, 2.24) is 4.98 Å². The van der Waals surface area contributed by atoms with Gasteiger partial charge in [0.2, 0.25) is 0 Å². The quantitative estimate of drug-likeness (QED) is 0.644. The maximum Gasteiger partial charge on any atom is 0.123 e. The number of halogens is 2. The topological polar surface area (TPSA) is 12.9 Å². The summed E-state index contributed by atoms with van der Waals surface area (Å²) in [6.07, 6.45) is 1.68. The summed E-state index contributed by atoms with van der Waals surface area (Å²) in [5, 5.41) is 0. The molecule has 0 radical (unpaired) electrons. The lowest BCUT2D eigenvalue weighted by Crippen LogP contribution is -1.93. The van der Waals surface area contributed by atoms with E-state index in [4.69, 9.17) is 0 Å². The minimum atomic E-state index is -0.319. The van der Waals surface area contributed by atoms with Crippen LogP contribution in [-0.4, -0.2) is 4.98 Å². The molecule has 3 rings (SSSR count). The Morgan fingerprint density at radius 3 is 2.10 bits per heavy atom. The predicted molar refractivity (Wildman–Crippen MR) is 79.8 cm³/mol. The first-order valence-electron chi connectivity index (χ1n) is 6.62. The van der Waals surface area contributed by atoms with Gasteiger partial charge in [0.1, 0.15) is 11.6 Å². The number of rotatable bonds is 2. The Kier molecular flexibility index (Phi) is 3.48. The van der Waals surface area contributed by atoms with Crippen LogP contribution < -0.4 is 0 Å². The Balaban J connectivity index is 2.25. The first kappa shape index (κ1) is 13.4. The third-order valence-electron chi connectivity index (χ3n) is 3.37. The molecule has 0 fully saturated rings. The van der Waals surface area contributed by atoms with Crippen LogP contribution in [0.3, 0.4) is 0 Å². The summed E-state index contributed by atoms with van der Waals surface area (Å²) in [7, 11) is 0. The summed E-state index contributed by atoms with van der Waals surface area (Å²) in [5.41, 5.74) is 3.86. The third kappa shape index (κ3) is 2.68. The maximum atomic E-state index is 13.5. The molecular weight excluding hydrogens is 268 g/mol. The number of benzene rings is 2. The van der Waals surface area contributed by atoms with Gasteiger partial charge < -0.3 is 0 Å². The van der Waals surface area contributed by atoms with Crippen molar-refractivity contribution in [3.8, 4) is 22.4 Å². The Morgan fingerprint density at radius 2 is 1.43 bits per heavy atom. The van der Waals surface area contributed by atoms with E-state index in [1.54, 1.807) is 24.4 Å². The van der Waals surface area contributed by atoms with Crippen molar-refractivity contribution in [2.45, 2.75) is 6.92 Å². The molecule has 0 aliphatic heterocycles. The summed E-state index contributed by atoms with van der Waals surface area (Å²) in [6.45, 7) is 1.94. The molecule has 0 unspecified atom stereocenters. The van der Waals surface area contributed by atoms with Crippen molar-refractivity contribution in [1.29, 1.82) is 0 Å². The number of aryl methyl sites for hydroxylation is 1. The molecule has 0 N–H and O–H groups in total. The van der Waals surface area contributed by atoms with E-state index in [-0.39, 0.29) is 11.6 Å². The lowest BCUT2D eigenvalue weighted by Gasteiger charge is -2.12. The standard InChI is InChI=1S/C18H13F2N/c1-12-8-9-21-18(14-5-3-7-16(20)11-14)17(12)13-4-2-6-15(19)10-13/h2-11H,1H3. The number of pyridine rings is 1. The van der Waals surface area contributed by atoms with Gasteiger partial charge in [-0.15, -0.1) is 0 Å². The highest BCUT2D eigenvalue weighted by atomic mass is 19.1. The minimum Gasteiger partial charge on any atom is -0.256 e. The van der Waals surface area contributed by atoms with E-state index in [0.29, 0.717) is 11.3 Å². The highest BCUT2D eigenvalue weighted by Crippen LogP contribution is 2.33. The molecule has 0 atom stereocenters. The second-order valence-corrected chi connectivity index (χ2v) is 4.87. The summed E-state index contributed by atoms with van der Waals surface area (Å²) in [5.74, 6) is -0.623. The molecule has 104 valence electrons. The van der Waals surface area contributed by atoms with Gasteiger partial charge in [-0.1, -0.05) is 24.3 Å². The van der Waals surface area contributed by atoms with Crippen LogP contribution in [0.4, 0.5) is 8.78 Å². The van der Waals surface area contributed by atoms with Crippen LogP contribution in [0.1, 0.15) is 5.56 Å². The fourth-order valence-corrected chi connectivity index (χ4v) is 2.42. The van der Waals surface area contributed by atoms with Gasteiger partial charge in [-0.3, -0.25) is 4.98 Å². The van der Waals surface area contributed by atoms with Gasteiger partial charge in [0.25, 0.3) is 0 Å². The molecule has 0 amide bonds. The SMILES string of the molecule is Cc1ccnc(-c2cccc(F)c2)c1-c1cccc(F)c1. The van der Waals surface area contributed by atoms with Crippen molar-refractivity contribution in [3.63, 3.8) is 0 Å². The van der Waals surface area contributed by atoms with E-state index in [0.717, 1.165) is 16.7 Å². The molecule has 21 heavy (non-hydrogen) atoms. The molecule has 0 saturated heterocycles. The molecule has 1 aromatic heterocycles. The van der Waals surface area contributed by atoms with Crippen LogP contribution in [0.15, 0.2) is 60.8 Å². The van der Waals surface area contributed by atoms with Crippen molar-refractivity contribution in [3.05, 3.63) is 78.0 Å². The maximum absolute atomic E-state index is 13.5. The zero-order valence-corrected chi connectivity index (χ0v) is 11.5. The Morgan fingerprint density at radius 1 is 0.810 bits per heavy atom. The Bertz CT molecular complexity index is 797. The normalized spacial score (nSPS) is 10.6. The average molecular weight is 281 g/mol. The Labute approximate surface area is 121 Å². The van der Waals surface area contributed by atoms with E-state index in [1.165, 1.54) is 24.3 Å². The predicted octanol–water partition coefficient (Wildman–Crippen LogP) is 5.00. The molecular formula is C18H13F2N. The van der Waals surface area contributed by atoms with E-state index in [2.05, 4.69) is 4.98 Å². The fraction of sp³-hybridized carbons (Fsp3) is 0.0556. The molecule has 2 aromatic carbocycles. The first-order valence-corrected chi connectivity index (χ1v) is 6.62. The van der Waals surface area contributed by atoms with Crippen molar-refractivity contribution in [2.75, 3.05) is 0 Å². The van der Waals surface area contributed by atoms with Crippen LogP contribution >= 0.6 is 0 Å². The monoisotopic (exact) mass is 281 g/mol. The molecule has 0 bridgehead atoms. The summed E-state index contributed by atoms with van der Waals surface area (Å²) in [6, 6.07) is 14.5. The summed E-state index contributed by atoms with van der Waals surface area (Å²) < 4.78 is 27.0. The number of aromatic nitrogens is 1. The lowest BCUT2D eigenvalue weighted by atomic mass is 9.95. The van der Waals surface area contributed by atoms with Gasteiger partial charge in [0.15, 0.2) is 0 Å². The largest absolute Gasteiger partial charge is 0.256 e. The second kappa shape index (κ2) is 5.44. The smallest absolute Gasteiger partial charge is 0.123 e. The van der Waals surface area contributed by atoms with Crippen LogP contribution in [0, 0.1) is 18.6 Å². The van der Waals surface area contributed by atoms with E-state index >= 15 is 0 Å². The van der Waals surface area contributed by atoms with E-state index in [9.17, 15) is 8.78 Å². The molecule has 0 aliphatic rings. The van der Waals surface area contributed by atoms with Crippen molar-refractivity contribution < 1.29 is 8.78 Å². The first-order chi connectivity index (χ1) is 10.1. The van der Waals surface area contributed by atoms with Crippen LogP contribution in [-0.2, 0) is 0 Å². The van der Waals surface area contributed by atoms with Crippen molar-refractivity contribution in [2.24, 2.45) is 0 Å². The molecule has 1 nitrogen and oxygen atoms in total. The van der Waals surface area contributed by atoms with Crippen molar-refractivity contribution >= 4 is 0 Å². The second-order valence-electron chi connectivity index (χ2n) is 4.87. The fourth-order valence-electron chi connectivity index (χ4n) is 2.42. The average Bonchev–Trinajstić information content (AvgIpc) is 2.47. The van der Waals surface area contributed by atoms with Crippen LogP contribution in [0.2, 0.25) is 0 Å². The molecule has 3 heteroatoms. The van der Waals surface area contributed by atoms with Gasteiger partial charge in [-0.2, -0.15) is 0 Å². The molecule has 1 heterocycles. The minimum absolute atomic E-state index is 0.305. The van der Waals surface area contributed by atoms with E-state index < -0.39 is 0 Å². The highest BCUT2D eigenvalue weighted by molar-refractivity contribution is 5.82. The number of hydrogen-bond donors (Lipinski definition) is 0.